The third kappa shape index (κ3) is 6.53. The smallest absolute Gasteiger partial charge is 0.416 e. The van der Waals surface area contributed by atoms with E-state index in [2.05, 4.69) is 26.0 Å². The van der Waals surface area contributed by atoms with Crippen molar-refractivity contribution >= 4 is 27.9 Å². The lowest BCUT2D eigenvalue weighted by Crippen LogP contribution is -2.35. The Balaban J connectivity index is 1.74. The molecule has 2 aromatic carbocycles. The van der Waals surface area contributed by atoms with Crippen LogP contribution in [0.4, 0.5) is 26.7 Å². The lowest BCUT2D eigenvalue weighted by atomic mass is 10.1. The van der Waals surface area contributed by atoms with Crippen LogP contribution in [0.1, 0.15) is 39.3 Å². The summed E-state index contributed by atoms with van der Waals surface area (Å²) in [6.45, 7) is 0.990. The zero-order chi connectivity index (χ0) is 30.9. The van der Waals surface area contributed by atoms with E-state index in [1.54, 1.807) is 20.0 Å². The molecule has 1 unspecified atom stereocenters. The van der Waals surface area contributed by atoms with Gasteiger partial charge in [-0.05, 0) is 53.2 Å². The van der Waals surface area contributed by atoms with Gasteiger partial charge in [-0.2, -0.15) is 18.3 Å². The first-order valence-electron chi connectivity index (χ1n) is 11.9. The number of hydrogen-bond acceptors (Lipinski definition) is 6. The fourth-order valence-electron chi connectivity index (χ4n) is 3.94. The van der Waals surface area contributed by atoms with Crippen molar-refractivity contribution in [2.45, 2.75) is 25.7 Å². The normalized spacial score (nSPS) is 12.3. The van der Waals surface area contributed by atoms with Crippen molar-refractivity contribution in [2.75, 3.05) is 6.54 Å². The van der Waals surface area contributed by atoms with Gasteiger partial charge in [0.2, 0.25) is 5.89 Å². The topological polar surface area (TPSA) is 137 Å². The molecule has 0 saturated carbocycles. The number of rotatable bonds is 9. The van der Waals surface area contributed by atoms with Gasteiger partial charge in [-0.1, -0.05) is 12.1 Å². The van der Waals surface area contributed by atoms with Crippen molar-refractivity contribution in [3.05, 3.63) is 87.2 Å². The molecule has 0 bridgehead atoms. The number of aromatic nitrogens is 3. The predicted octanol–water partition coefficient (Wildman–Crippen LogP) is 5.84. The molecule has 0 fully saturated rings. The van der Waals surface area contributed by atoms with Crippen LogP contribution >= 0.6 is 15.9 Å². The summed E-state index contributed by atoms with van der Waals surface area (Å²) >= 11 is 3.15. The summed E-state index contributed by atoms with van der Waals surface area (Å²) in [4.78, 5) is 28.9. The summed E-state index contributed by atoms with van der Waals surface area (Å²) in [6, 6.07) is 7.23. The van der Waals surface area contributed by atoms with Gasteiger partial charge < -0.3 is 20.0 Å². The summed E-state index contributed by atoms with van der Waals surface area (Å²) in [6.07, 6.45) is -7.50. The minimum absolute atomic E-state index is 0.0342. The molecule has 1 atom stereocenters. The summed E-state index contributed by atoms with van der Waals surface area (Å²) in [5.41, 5.74) is 4.47. The number of oxazole rings is 1. The van der Waals surface area contributed by atoms with E-state index >= 15 is 4.39 Å². The molecule has 0 aliphatic heterocycles. The summed E-state index contributed by atoms with van der Waals surface area (Å²) < 4.78 is 81.0. The number of nitrogens with two attached hydrogens (primary N) is 1. The van der Waals surface area contributed by atoms with Crippen molar-refractivity contribution < 1.29 is 45.8 Å². The van der Waals surface area contributed by atoms with E-state index in [4.69, 9.17) is 14.9 Å². The maximum atomic E-state index is 15.1. The second kappa shape index (κ2) is 11.8. The van der Waals surface area contributed by atoms with Crippen LogP contribution < -0.4 is 10.5 Å². The molecule has 10 nitrogen and oxygen atoms in total. The van der Waals surface area contributed by atoms with Crippen LogP contribution in [0.25, 0.3) is 11.3 Å². The molecule has 42 heavy (non-hydrogen) atoms. The monoisotopic (exact) mass is 657 g/mol. The largest absolute Gasteiger partial charge is 0.476 e. The number of alkyl halides is 3. The van der Waals surface area contributed by atoms with E-state index in [1.165, 1.54) is 4.68 Å². The number of benzene rings is 2. The number of carbonyl (C=O) groups excluding carboxylic acids is 1. The van der Waals surface area contributed by atoms with Gasteiger partial charge >= 0.3 is 12.3 Å². The van der Waals surface area contributed by atoms with Crippen LogP contribution in [0.5, 0.6) is 5.75 Å². The Kier molecular flexibility index (Phi) is 8.56. The Morgan fingerprint density at radius 3 is 2.40 bits per heavy atom. The van der Waals surface area contributed by atoms with Gasteiger partial charge in [0.1, 0.15) is 17.1 Å². The third-order valence-electron chi connectivity index (χ3n) is 6.11. The standard InChI is InChI=1S/C26H21BrF5N5O5/c1-12-9-15(35-36(12)2)10-37(25(39)40)11-18(41-17-8-7-16(28)19(20(17)29)23(33)38)24-34-21(22(27)42-24)13-3-5-14(6-4-13)26(30,31)32/h3-9,18H,10-11H2,1-2H3,(H2,33,38)(H,39,40). The molecule has 16 heteroatoms. The Bertz CT molecular complexity index is 1620. The van der Waals surface area contributed by atoms with E-state index in [1.807, 2.05) is 0 Å². The lowest BCUT2D eigenvalue weighted by molar-refractivity contribution is -0.137. The van der Waals surface area contributed by atoms with Crippen LogP contribution in [0, 0.1) is 18.6 Å². The van der Waals surface area contributed by atoms with Crippen molar-refractivity contribution in [2.24, 2.45) is 12.8 Å². The Morgan fingerprint density at radius 1 is 1.19 bits per heavy atom. The number of hydrogen-bond donors (Lipinski definition) is 2. The average Bonchev–Trinajstić information content (AvgIpc) is 3.44. The van der Waals surface area contributed by atoms with Gasteiger partial charge in [-0.15, -0.1) is 0 Å². The van der Waals surface area contributed by atoms with E-state index in [9.17, 15) is 32.3 Å². The summed E-state index contributed by atoms with van der Waals surface area (Å²) in [7, 11) is 1.66. The minimum Gasteiger partial charge on any atom is -0.476 e. The highest BCUT2D eigenvalue weighted by atomic mass is 79.9. The van der Waals surface area contributed by atoms with Gasteiger partial charge in [0.25, 0.3) is 5.91 Å². The van der Waals surface area contributed by atoms with Gasteiger partial charge in [0.15, 0.2) is 22.3 Å². The number of primary amides is 1. The third-order valence-corrected chi connectivity index (χ3v) is 6.65. The molecule has 0 spiro atoms. The highest BCUT2D eigenvalue weighted by molar-refractivity contribution is 9.10. The van der Waals surface area contributed by atoms with Crippen molar-refractivity contribution in [1.82, 2.24) is 19.7 Å². The number of aryl methyl sites for hydroxylation is 2. The molecule has 2 aromatic heterocycles. The zero-order valence-electron chi connectivity index (χ0n) is 21.7. The Hall–Kier alpha value is -4.47. The van der Waals surface area contributed by atoms with Crippen LogP contribution in [0.15, 0.2) is 51.6 Å². The van der Waals surface area contributed by atoms with Gasteiger partial charge in [-0.3, -0.25) is 14.4 Å². The number of amides is 2. The van der Waals surface area contributed by atoms with Crippen molar-refractivity contribution in [3.63, 3.8) is 0 Å². The molecule has 2 heterocycles. The van der Waals surface area contributed by atoms with Crippen molar-refractivity contribution in [3.8, 4) is 17.0 Å². The Labute approximate surface area is 242 Å². The van der Waals surface area contributed by atoms with Gasteiger partial charge in [0.05, 0.1) is 24.3 Å². The quantitative estimate of drug-likeness (QED) is 0.216. The average molecular weight is 658 g/mol. The number of halogens is 6. The number of carbonyl (C=O) groups is 2. The number of carboxylic acid groups (broad SMARTS) is 1. The zero-order valence-corrected chi connectivity index (χ0v) is 23.3. The van der Waals surface area contributed by atoms with E-state index < -0.39 is 59.3 Å². The molecule has 0 saturated heterocycles. The van der Waals surface area contributed by atoms with E-state index in [-0.39, 0.29) is 28.4 Å². The molecule has 0 radical (unpaired) electrons. The second-order valence-electron chi connectivity index (χ2n) is 9.02. The first kappa shape index (κ1) is 30.5. The van der Waals surface area contributed by atoms with Gasteiger partial charge in [0, 0.05) is 18.3 Å². The van der Waals surface area contributed by atoms with E-state index in [0.717, 1.165) is 47.0 Å². The van der Waals surface area contributed by atoms with Crippen LogP contribution in [0.3, 0.4) is 0 Å². The first-order valence-corrected chi connectivity index (χ1v) is 12.7. The summed E-state index contributed by atoms with van der Waals surface area (Å²) in [5, 5.41) is 14.1. The number of ether oxygens (including phenoxy) is 1. The molecule has 222 valence electrons. The molecule has 0 aliphatic rings. The van der Waals surface area contributed by atoms with Crippen LogP contribution in [-0.4, -0.2) is 43.3 Å². The molecule has 0 aliphatic carbocycles. The number of nitrogens with zero attached hydrogens (tertiary/aromatic N) is 4. The highest BCUT2D eigenvalue weighted by Crippen LogP contribution is 2.36. The molecule has 4 rings (SSSR count). The minimum atomic E-state index is -4.57. The fourth-order valence-corrected chi connectivity index (χ4v) is 4.42. The lowest BCUT2D eigenvalue weighted by Gasteiger charge is -2.24. The first-order chi connectivity index (χ1) is 19.6. The summed E-state index contributed by atoms with van der Waals surface area (Å²) in [5.74, 6) is -5.08. The van der Waals surface area contributed by atoms with Crippen LogP contribution in [0.2, 0.25) is 0 Å². The second-order valence-corrected chi connectivity index (χ2v) is 9.74. The van der Waals surface area contributed by atoms with Crippen LogP contribution in [-0.2, 0) is 19.8 Å². The maximum Gasteiger partial charge on any atom is 0.416 e. The molecule has 3 N–H and O–H groups in total. The Morgan fingerprint density at radius 2 is 1.86 bits per heavy atom. The predicted molar refractivity (Wildman–Crippen MR) is 139 cm³/mol. The maximum absolute atomic E-state index is 15.1. The fraction of sp³-hybridized carbons (Fsp3) is 0.231. The SMILES string of the molecule is Cc1cc(CN(CC(Oc2ccc(F)c(C(N)=O)c2F)c2nc(-c3ccc(C(F)(F)F)cc3)c(Br)o2)C(=O)O)nn1C. The molecular formula is C26H21BrF5N5O5. The van der Waals surface area contributed by atoms with E-state index in [0.29, 0.717) is 5.69 Å². The highest BCUT2D eigenvalue weighted by Gasteiger charge is 2.32. The van der Waals surface area contributed by atoms with Gasteiger partial charge in [-0.25, -0.2) is 18.6 Å². The molecular weight excluding hydrogens is 637 g/mol. The molecule has 4 aromatic rings. The molecule has 2 amide bonds. The van der Waals surface area contributed by atoms with Crippen molar-refractivity contribution in [1.29, 1.82) is 0 Å².